The lowest BCUT2D eigenvalue weighted by Crippen LogP contribution is -2.57. The van der Waals surface area contributed by atoms with Crippen LogP contribution in [0.3, 0.4) is 0 Å². The lowest BCUT2D eigenvalue weighted by molar-refractivity contribution is -0.198. The van der Waals surface area contributed by atoms with E-state index in [0.29, 0.717) is 66.5 Å². The van der Waals surface area contributed by atoms with Gasteiger partial charge in [0, 0.05) is 55.6 Å². The number of aryl methyl sites for hydroxylation is 2. The largest absolute Gasteiger partial charge is 0.493 e. The number of fused-ring (bicyclic) bond motifs is 2. The van der Waals surface area contributed by atoms with Crippen molar-refractivity contribution in [3.05, 3.63) is 156 Å². The van der Waals surface area contributed by atoms with E-state index in [1.54, 1.807) is 33.9 Å². The van der Waals surface area contributed by atoms with Crippen LogP contribution in [0.15, 0.2) is 122 Å². The molecule has 0 aliphatic carbocycles. The Kier molecular flexibility index (Phi) is 15.9. The van der Waals surface area contributed by atoms with Crippen LogP contribution in [0, 0.1) is 0 Å². The molecule has 6 aromatic rings. The van der Waals surface area contributed by atoms with E-state index in [-0.39, 0.29) is 66.0 Å². The van der Waals surface area contributed by atoms with E-state index in [4.69, 9.17) is 23.7 Å². The third-order valence-electron chi connectivity index (χ3n) is 13.4. The molecule has 17 nitrogen and oxygen atoms in total. The number of methoxy groups -OCH3 is 1. The van der Waals surface area contributed by atoms with Gasteiger partial charge in [-0.05, 0) is 110 Å². The fraction of sp³-hybridized carbons (Fsp3) is 0.316. The molecule has 2 aromatic heterocycles. The number of aromatic amines is 1. The number of rotatable bonds is 17. The second-order valence-electron chi connectivity index (χ2n) is 18.5. The number of nitrogens with one attached hydrogen (secondary N) is 4. The normalized spacial score (nSPS) is 17.3. The number of hydrogen-bond acceptors (Lipinski definition) is 10. The van der Waals surface area contributed by atoms with E-state index in [1.165, 1.54) is 18.1 Å². The summed E-state index contributed by atoms with van der Waals surface area (Å²) in [5, 5.41) is 8.77. The summed E-state index contributed by atoms with van der Waals surface area (Å²) in [7, 11) is 3.32. The molecule has 5 heterocycles. The van der Waals surface area contributed by atoms with Crippen LogP contribution in [0.2, 0.25) is 0 Å². The first kappa shape index (κ1) is 50.8. The van der Waals surface area contributed by atoms with E-state index in [2.05, 4.69) is 27.5 Å². The summed E-state index contributed by atoms with van der Waals surface area (Å²) in [4.78, 5) is 74.5. The smallest absolute Gasteiger partial charge is 0.416 e. The van der Waals surface area contributed by atoms with Crippen LogP contribution in [0.1, 0.15) is 93.5 Å². The van der Waals surface area contributed by atoms with Gasteiger partial charge in [0.05, 0.1) is 36.5 Å². The molecule has 384 valence electrons. The Morgan fingerprint density at radius 3 is 2.42 bits per heavy atom. The number of para-hydroxylation sites is 1. The molecule has 2 unspecified atom stereocenters. The number of H-pyrrole nitrogens is 1. The minimum Gasteiger partial charge on any atom is -0.493 e. The number of benzene rings is 4. The molecule has 0 spiro atoms. The van der Waals surface area contributed by atoms with Gasteiger partial charge in [-0.2, -0.15) is 0 Å². The molecule has 74 heavy (non-hydrogen) atoms. The number of piperidine rings is 1. The number of aromatic nitrogens is 2. The average molecular weight is 1000 g/mol. The molecular formula is C57H61N7O10. The van der Waals surface area contributed by atoms with Crippen molar-refractivity contribution in [3.8, 4) is 22.6 Å². The number of carbonyl (C=O) groups is 5. The first-order chi connectivity index (χ1) is 36.0. The lowest BCUT2D eigenvalue weighted by Gasteiger charge is -2.42. The Hall–Kier alpha value is -8.15. The predicted octanol–water partition coefficient (Wildman–Crippen LogP) is 9.86. The van der Waals surface area contributed by atoms with E-state index in [0.717, 1.165) is 47.9 Å². The Labute approximate surface area is 429 Å². The Morgan fingerprint density at radius 2 is 1.64 bits per heavy atom. The van der Waals surface area contributed by atoms with Crippen molar-refractivity contribution in [3.63, 3.8) is 0 Å². The minimum atomic E-state index is -0.905. The molecule has 2 saturated heterocycles. The Morgan fingerprint density at radius 1 is 0.824 bits per heavy atom. The summed E-state index contributed by atoms with van der Waals surface area (Å²) in [5.41, 5.74) is 7.28. The van der Waals surface area contributed by atoms with Crippen molar-refractivity contribution in [1.82, 2.24) is 14.5 Å². The first-order valence-electron chi connectivity index (χ1n) is 25.0. The molecule has 3 aliphatic rings. The van der Waals surface area contributed by atoms with Gasteiger partial charge in [0.1, 0.15) is 24.6 Å². The highest BCUT2D eigenvalue weighted by Gasteiger charge is 2.47. The summed E-state index contributed by atoms with van der Waals surface area (Å²) in [6, 6.07) is 28.5. The number of anilines is 4. The summed E-state index contributed by atoms with van der Waals surface area (Å²) < 4.78 is 32.2. The van der Waals surface area contributed by atoms with Gasteiger partial charge in [0.25, 0.3) is 17.7 Å². The Bertz CT molecular complexity index is 3030. The molecule has 0 saturated carbocycles. The van der Waals surface area contributed by atoms with Gasteiger partial charge in [-0.1, -0.05) is 68.1 Å². The van der Waals surface area contributed by atoms with Gasteiger partial charge in [-0.15, -0.1) is 0 Å². The van der Waals surface area contributed by atoms with Gasteiger partial charge in [0.2, 0.25) is 5.91 Å². The maximum atomic E-state index is 14.4. The quantitative estimate of drug-likeness (QED) is 0.0639. The molecule has 0 radical (unpaired) electrons. The summed E-state index contributed by atoms with van der Waals surface area (Å²) >= 11 is 0. The number of nitrogens with zero attached hydrogens (tertiary/aromatic N) is 3. The molecule has 2 fully saturated rings. The molecule has 4 N–H and O–H groups in total. The van der Waals surface area contributed by atoms with Crippen LogP contribution in [-0.4, -0.2) is 89.6 Å². The van der Waals surface area contributed by atoms with Gasteiger partial charge in [-0.3, -0.25) is 19.2 Å². The molecule has 4 aromatic carbocycles. The van der Waals surface area contributed by atoms with Crippen LogP contribution in [0.25, 0.3) is 11.1 Å². The van der Waals surface area contributed by atoms with E-state index < -0.39 is 24.7 Å². The van der Waals surface area contributed by atoms with Gasteiger partial charge in [-0.25, -0.2) is 9.69 Å². The number of hydrogen-bond donors (Lipinski definition) is 4. The van der Waals surface area contributed by atoms with Crippen molar-refractivity contribution in [2.75, 3.05) is 47.7 Å². The van der Waals surface area contributed by atoms with Crippen LogP contribution in [0.5, 0.6) is 11.5 Å². The topological polar surface area (TPSA) is 195 Å². The average Bonchev–Trinajstić information content (AvgIpc) is 4.04. The summed E-state index contributed by atoms with van der Waals surface area (Å²) in [5.74, 6) is -0.583. The van der Waals surface area contributed by atoms with E-state index in [9.17, 15) is 24.0 Å². The van der Waals surface area contributed by atoms with E-state index in [1.807, 2.05) is 99.0 Å². The first-order valence-corrected chi connectivity index (χ1v) is 25.0. The maximum absolute atomic E-state index is 14.4. The van der Waals surface area contributed by atoms with Crippen molar-refractivity contribution in [2.45, 2.75) is 83.5 Å². The fourth-order valence-corrected chi connectivity index (χ4v) is 9.77. The molecule has 3 atom stereocenters. The zero-order valence-corrected chi connectivity index (χ0v) is 41.8. The molecule has 9 rings (SSSR count). The third-order valence-corrected chi connectivity index (χ3v) is 13.4. The van der Waals surface area contributed by atoms with Crippen molar-refractivity contribution in [2.24, 2.45) is 7.05 Å². The van der Waals surface area contributed by atoms with Crippen molar-refractivity contribution in [1.29, 1.82) is 0 Å². The maximum Gasteiger partial charge on any atom is 0.416 e. The SMILES string of the molecule is C=CCOC(=O)N1c2cc(OCc3cccc(CC(=O)Nc4c[nH]c(C(=O)Nc5ccc(-c6cc(C(=O)Nc7ccccc7)n(C)c6)c(CC)c5)c4)c3)c(OC)cc2C(=O)N2CCCC[C@H]2C1OC1CCCCO1. The highest BCUT2D eigenvalue weighted by molar-refractivity contribution is 6.07. The zero-order valence-electron chi connectivity index (χ0n) is 41.8. The summed E-state index contributed by atoms with van der Waals surface area (Å²) in [6.07, 6.45) is 8.27. The van der Waals surface area contributed by atoms with Crippen LogP contribution >= 0.6 is 0 Å². The van der Waals surface area contributed by atoms with Crippen LogP contribution in [0.4, 0.5) is 27.5 Å². The number of amides is 5. The highest BCUT2D eigenvalue weighted by Crippen LogP contribution is 2.43. The van der Waals surface area contributed by atoms with Gasteiger partial charge in [0.15, 0.2) is 24.0 Å². The van der Waals surface area contributed by atoms with Crippen LogP contribution in [-0.2, 0) is 45.5 Å². The van der Waals surface area contributed by atoms with Crippen LogP contribution < -0.4 is 30.3 Å². The van der Waals surface area contributed by atoms with Crippen molar-refractivity contribution >= 4 is 52.5 Å². The second-order valence-corrected chi connectivity index (χ2v) is 18.5. The zero-order chi connectivity index (χ0) is 51.7. The standard InChI is InChI=1S/C57H61N7O10/c1-5-24-72-57(69)64-47-32-50(49(70-4)31-44(47)55(68)63-23-12-10-19-46(63)56(64)74-52-20-11-13-25-71-52)73-35-37-16-14-15-36(26-37)27-51(65)59-42-30-45(58-33-42)53(66)61-41-21-22-43(38(6-2)28-41)39-29-48(62(3)34-39)54(67)60-40-17-8-7-9-18-40/h5,7-9,14-18,21-22,26,28-34,46,52,56,58H,1,6,10-13,19-20,23-25,27,35H2,2-4H3,(H,59,65)(H,60,67)(H,61,66)/t46-,52?,56?/m0/s1. The molecule has 5 amide bonds. The molecule has 0 bridgehead atoms. The number of carbonyl (C=O) groups excluding carboxylic acids is 5. The second kappa shape index (κ2) is 23.2. The van der Waals surface area contributed by atoms with Gasteiger partial charge >= 0.3 is 6.09 Å². The van der Waals surface area contributed by atoms with E-state index >= 15 is 0 Å². The third kappa shape index (κ3) is 11.5. The van der Waals surface area contributed by atoms with Crippen molar-refractivity contribution < 1.29 is 47.7 Å². The highest BCUT2D eigenvalue weighted by atomic mass is 16.7. The minimum absolute atomic E-state index is 0.0309. The molecular weight excluding hydrogens is 943 g/mol. The predicted molar refractivity (Wildman–Crippen MR) is 281 cm³/mol. The molecule has 3 aliphatic heterocycles. The number of ether oxygens (including phenoxy) is 5. The monoisotopic (exact) mass is 1000 g/mol. The Balaban J connectivity index is 0.845. The summed E-state index contributed by atoms with van der Waals surface area (Å²) in [6.45, 7) is 6.79. The molecule has 17 heteroatoms. The van der Waals surface area contributed by atoms with Gasteiger partial charge < -0.3 is 54.1 Å². The fourth-order valence-electron chi connectivity index (χ4n) is 9.77. The lowest BCUT2D eigenvalue weighted by atomic mass is 9.99.